The van der Waals surface area contributed by atoms with Crippen LogP contribution < -0.4 is 4.74 Å². The quantitative estimate of drug-likeness (QED) is 0.458. The van der Waals surface area contributed by atoms with Crippen molar-refractivity contribution in [3.8, 4) is 5.75 Å². The highest BCUT2D eigenvalue weighted by Gasteiger charge is 2.09. The third-order valence-electron chi connectivity index (χ3n) is 2.78. The number of Topliss-reactive ketones (excluding diaryl/α,β-unsaturated/α-hetero) is 1. The maximum absolute atomic E-state index is 11.5. The fraction of sp³-hybridized carbons (Fsp3) is 0.125. The highest BCUT2D eigenvalue weighted by atomic mass is 16.5. The molecule has 0 spiro atoms. The standard InChI is InChI=1S/C16H14N2O2/c17-18-11-15(19)10-14-8-4-5-9-16(14)20-12-13-6-2-1-3-7-13/h1-9,11H,10,12H2. The molecule has 0 heterocycles. The Bertz CT molecular complexity index is 632. The van der Waals surface area contributed by atoms with E-state index in [4.69, 9.17) is 10.3 Å². The van der Waals surface area contributed by atoms with E-state index in [0.29, 0.717) is 12.4 Å². The van der Waals surface area contributed by atoms with Crippen molar-refractivity contribution in [2.45, 2.75) is 13.0 Å². The zero-order valence-corrected chi connectivity index (χ0v) is 10.9. The van der Waals surface area contributed by atoms with E-state index in [1.54, 1.807) is 0 Å². The molecule has 0 saturated carbocycles. The first-order valence-corrected chi connectivity index (χ1v) is 6.24. The second kappa shape index (κ2) is 7.02. The minimum atomic E-state index is -0.275. The second-order valence-corrected chi connectivity index (χ2v) is 4.27. The van der Waals surface area contributed by atoms with Gasteiger partial charge in [-0.3, -0.25) is 4.79 Å². The van der Waals surface area contributed by atoms with E-state index in [0.717, 1.165) is 17.3 Å². The Morgan fingerprint density at radius 1 is 1.10 bits per heavy atom. The summed E-state index contributed by atoms with van der Waals surface area (Å²) >= 11 is 0. The Morgan fingerprint density at radius 3 is 2.55 bits per heavy atom. The van der Waals surface area contributed by atoms with Crippen LogP contribution in [0.1, 0.15) is 11.1 Å². The maximum Gasteiger partial charge on any atom is 0.323 e. The second-order valence-electron chi connectivity index (χ2n) is 4.27. The van der Waals surface area contributed by atoms with Crippen molar-refractivity contribution in [2.24, 2.45) is 0 Å². The number of carbonyl (C=O) groups excluding carboxylic acids is 1. The number of ketones is 1. The van der Waals surface area contributed by atoms with Crippen LogP contribution in [0.15, 0.2) is 54.6 Å². The number of rotatable bonds is 6. The smallest absolute Gasteiger partial charge is 0.323 e. The Balaban J connectivity index is 2.08. The van der Waals surface area contributed by atoms with Gasteiger partial charge in [0.15, 0.2) is 0 Å². The number of hydrogen-bond donors (Lipinski definition) is 0. The first kappa shape index (κ1) is 13.7. The van der Waals surface area contributed by atoms with Gasteiger partial charge in [0.1, 0.15) is 12.4 Å². The average Bonchev–Trinajstić information content (AvgIpc) is 2.48. The zero-order valence-electron chi connectivity index (χ0n) is 10.9. The molecule has 0 unspecified atom stereocenters. The summed E-state index contributed by atoms with van der Waals surface area (Å²) in [6.45, 7) is 0.445. The summed E-state index contributed by atoms with van der Waals surface area (Å²) in [5.74, 6) is 0.388. The summed E-state index contributed by atoms with van der Waals surface area (Å²) in [6.07, 6.45) is 1.04. The van der Waals surface area contributed by atoms with Crippen molar-refractivity contribution >= 4 is 12.0 Å². The number of carbonyl (C=O) groups is 1. The summed E-state index contributed by atoms with van der Waals surface area (Å²) in [4.78, 5) is 14.2. The summed E-state index contributed by atoms with van der Waals surface area (Å²) in [5.41, 5.74) is 10.2. The summed E-state index contributed by atoms with van der Waals surface area (Å²) in [6, 6.07) is 17.1. The highest BCUT2D eigenvalue weighted by Crippen LogP contribution is 2.20. The number of benzene rings is 2. The van der Waals surface area contributed by atoms with Gasteiger partial charge in [-0.2, -0.15) is 4.79 Å². The molecule has 0 radical (unpaired) electrons. The summed E-state index contributed by atoms with van der Waals surface area (Å²) in [7, 11) is 0. The van der Waals surface area contributed by atoms with Crippen LogP contribution in [-0.4, -0.2) is 16.8 Å². The monoisotopic (exact) mass is 266 g/mol. The van der Waals surface area contributed by atoms with E-state index < -0.39 is 0 Å². The Kier molecular flexibility index (Phi) is 4.81. The predicted octanol–water partition coefficient (Wildman–Crippen LogP) is 2.68. The van der Waals surface area contributed by atoms with E-state index in [1.807, 2.05) is 54.6 Å². The zero-order chi connectivity index (χ0) is 14.2. The lowest BCUT2D eigenvalue weighted by atomic mass is 10.1. The lowest BCUT2D eigenvalue weighted by Gasteiger charge is -2.10. The molecule has 0 fully saturated rings. The molecule has 4 nitrogen and oxygen atoms in total. The van der Waals surface area contributed by atoms with Crippen molar-refractivity contribution in [1.29, 1.82) is 0 Å². The lowest BCUT2D eigenvalue weighted by Crippen LogP contribution is -2.06. The molecule has 0 aliphatic carbocycles. The van der Waals surface area contributed by atoms with Gasteiger partial charge in [-0.25, -0.2) is 0 Å². The van der Waals surface area contributed by atoms with Crippen molar-refractivity contribution < 1.29 is 14.3 Å². The number of para-hydroxylation sites is 1. The normalized spacial score (nSPS) is 9.60. The molecular formula is C16H14N2O2. The molecule has 0 saturated heterocycles. The molecule has 0 atom stereocenters. The lowest BCUT2D eigenvalue weighted by molar-refractivity contribution is -0.115. The van der Waals surface area contributed by atoms with Gasteiger partial charge in [0.2, 0.25) is 5.78 Å². The molecule has 2 aromatic carbocycles. The van der Waals surface area contributed by atoms with Gasteiger partial charge in [-0.15, -0.1) is 0 Å². The van der Waals surface area contributed by atoms with Crippen LogP contribution >= 0.6 is 0 Å². The fourth-order valence-electron chi connectivity index (χ4n) is 1.82. The van der Waals surface area contributed by atoms with Crippen LogP contribution in [0.2, 0.25) is 0 Å². The average molecular weight is 266 g/mol. The van der Waals surface area contributed by atoms with E-state index in [1.165, 1.54) is 0 Å². The largest absolute Gasteiger partial charge is 0.489 e. The summed E-state index contributed by atoms with van der Waals surface area (Å²) < 4.78 is 5.74. The third kappa shape index (κ3) is 3.90. The minimum Gasteiger partial charge on any atom is -0.489 e. The molecule has 0 N–H and O–H groups in total. The summed E-state index contributed by atoms with van der Waals surface area (Å²) in [5, 5.41) is 0. The van der Waals surface area contributed by atoms with E-state index in [-0.39, 0.29) is 12.2 Å². The molecular weight excluding hydrogens is 252 g/mol. The van der Waals surface area contributed by atoms with Crippen molar-refractivity contribution in [2.75, 3.05) is 0 Å². The predicted molar refractivity (Wildman–Crippen MR) is 75.6 cm³/mol. The van der Waals surface area contributed by atoms with Crippen LogP contribution in [0.4, 0.5) is 0 Å². The molecule has 0 bridgehead atoms. The molecule has 0 aliphatic heterocycles. The van der Waals surface area contributed by atoms with Gasteiger partial charge in [0.05, 0.1) is 0 Å². The molecule has 0 aromatic heterocycles. The van der Waals surface area contributed by atoms with Gasteiger partial charge < -0.3 is 10.3 Å². The SMILES string of the molecule is [N-]=[N+]=CC(=O)Cc1ccccc1OCc1ccccc1. The van der Waals surface area contributed by atoms with Gasteiger partial charge in [0, 0.05) is 12.0 Å². The van der Waals surface area contributed by atoms with E-state index in [9.17, 15) is 4.79 Å². The Hall–Kier alpha value is -2.71. The van der Waals surface area contributed by atoms with Gasteiger partial charge >= 0.3 is 6.21 Å². The molecule has 0 amide bonds. The molecule has 20 heavy (non-hydrogen) atoms. The van der Waals surface area contributed by atoms with Crippen LogP contribution in [0.3, 0.4) is 0 Å². The first-order chi connectivity index (χ1) is 9.79. The van der Waals surface area contributed by atoms with Crippen molar-refractivity contribution in [3.63, 3.8) is 0 Å². The van der Waals surface area contributed by atoms with Crippen molar-refractivity contribution in [1.82, 2.24) is 0 Å². The number of hydrogen-bond acceptors (Lipinski definition) is 2. The first-order valence-electron chi connectivity index (χ1n) is 6.24. The number of nitrogens with zero attached hydrogens (tertiary/aromatic N) is 2. The highest BCUT2D eigenvalue weighted by molar-refractivity contribution is 6.25. The van der Waals surface area contributed by atoms with Crippen molar-refractivity contribution in [3.05, 3.63) is 71.3 Å². The maximum atomic E-state index is 11.5. The molecule has 100 valence electrons. The minimum absolute atomic E-state index is 0.148. The molecule has 4 heteroatoms. The van der Waals surface area contributed by atoms with Gasteiger partial charge in [0.25, 0.3) is 0 Å². The van der Waals surface area contributed by atoms with Crippen LogP contribution in [0.5, 0.6) is 5.75 Å². The van der Waals surface area contributed by atoms with Gasteiger partial charge in [-0.1, -0.05) is 48.5 Å². The topological polar surface area (TPSA) is 62.7 Å². The fourth-order valence-corrected chi connectivity index (χ4v) is 1.82. The molecule has 2 rings (SSSR count). The molecule has 0 aliphatic rings. The van der Waals surface area contributed by atoms with E-state index in [2.05, 4.69) is 4.79 Å². The third-order valence-corrected chi connectivity index (χ3v) is 2.78. The van der Waals surface area contributed by atoms with Crippen LogP contribution in [-0.2, 0) is 17.8 Å². The van der Waals surface area contributed by atoms with Crippen LogP contribution in [0.25, 0.3) is 5.53 Å². The Morgan fingerprint density at radius 2 is 1.80 bits per heavy atom. The van der Waals surface area contributed by atoms with E-state index >= 15 is 0 Å². The number of ether oxygens (including phenoxy) is 1. The van der Waals surface area contributed by atoms with Crippen LogP contribution in [0, 0.1) is 0 Å². The molecule has 2 aromatic rings. The van der Waals surface area contributed by atoms with Gasteiger partial charge in [-0.05, 0) is 11.6 Å². The Labute approximate surface area is 117 Å².